The fraction of sp³-hybridized carbons (Fsp3) is 0.333. The SMILES string of the molecule is O=C(CSc1nc(C(F)(F)F)nc2ccccc12)c1ccc(C2(O)CCN(C(=O)CO)C2)s1. The van der Waals surface area contributed by atoms with Gasteiger partial charge in [-0.15, -0.1) is 11.3 Å². The summed E-state index contributed by atoms with van der Waals surface area (Å²) < 4.78 is 39.6. The van der Waals surface area contributed by atoms with Crippen molar-refractivity contribution in [2.75, 3.05) is 25.4 Å². The Balaban J connectivity index is 1.50. The predicted molar refractivity (Wildman–Crippen MR) is 116 cm³/mol. The van der Waals surface area contributed by atoms with E-state index in [1.54, 1.807) is 30.3 Å². The summed E-state index contributed by atoms with van der Waals surface area (Å²) in [6, 6.07) is 9.44. The van der Waals surface area contributed by atoms with Crippen molar-refractivity contribution in [3.8, 4) is 0 Å². The van der Waals surface area contributed by atoms with Crippen molar-refractivity contribution < 1.29 is 33.0 Å². The number of hydrogen-bond donors (Lipinski definition) is 2. The average molecular weight is 498 g/mol. The maximum atomic E-state index is 13.2. The molecule has 0 spiro atoms. The number of carbonyl (C=O) groups excluding carboxylic acids is 2. The molecule has 33 heavy (non-hydrogen) atoms. The Hall–Kier alpha value is -2.54. The van der Waals surface area contributed by atoms with Crippen molar-refractivity contribution in [1.82, 2.24) is 14.9 Å². The Morgan fingerprint density at radius 2 is 1.94 bits per heavy atom. The molecule has 1 unspecified atom stereocenters. The van der Waals surface area contributed by atoms with Crippen molar-refractivity contribution in [2.24, 2.45) is 0 Å². The minimum Gasteiger partial charge on any atom is -0.387 e. The number of benzene rings is 1. The third-order valence-corrected chi connectivity index (χ3v) is 7.55. The van der Waals surface area contributed by atoms with Crippen LogP contribution in [-0.2, 0) is 16.6 Å². The van der Waals surface area contributed by atoms with Crippen LogP contribution in [0, 0.1) is 0 Å². The Labute approximate surface area is 194 Å². The summed E-state index contributed by atoms with van der Waals surface area (Å²) in [5.41, 5.74) is -1.18. The molecule has 0 saturated carbocycles. The third-order valence-electron chi connectivity index (χ3n) is 5.24. The van der Waals surface area contributed by atoms with E-state index in [1.165, 1.54) is 11.0 Å². The standard InChI is InChI=1S/C21H18F3N3O4S2/c22-21(23,24)19-25-13-4-2-1-3-12(13)18(26-19)32-10-14(29)15-5-6-16(33-15)20(31)7-8-27(11-20)17(30)9-28/h1-6,28,31H,7-11H2. The maximum Gasteiger partial charge on any atom is 0.451 e. The van der Waals surface area contributed by atoms with Crippen LogP contribution in [0.1, 0.15) is 26.8 Å². The number of carbonyl (C=O) groups is 2. The summed E-state index contributed by atoms with van der Waals surface area (Å²) in [5, 5.41) is 20.4. The molecule has 1 aliphatic heterocycles. The van der Waals surface area contributed by atoms with Crippen LogP contribution < -0.4 is 0 Å². The molecule has 174 valence electrons. The summed E-state index contributed by atoms with van der Waals surface area (Å²) in [7, 11) is 0. The highest BCUT2D eigenvalue weighted by atomic mass is 32.2. The number of amides is 1. The topological polar surface area (TPSA) is 104 Å². The molecule has 2 N–H and O–H groups in total. The molecule has 1 amide bonds. The van der Waals surface area contributed by atoms with Gasteiger partial charge in [-0.2, -0.15) is 13.2 Å². The smallest absolute Gasteiger partial charge is 0.387 e. The molecule has 0 radical (unpaired) electrons. The molecule has 2 aromatic heterocycles. The molecule has 1 fully saturated rings. The Kier molecular flexibility index (Phi) is 6.45. The van der Waals surface area contributed by atoms with Gasteiger partial charge in [0.2, 0.25) is 11.7 Å². The number of hydrogen-bond acceptors (Lipinski definition) is 8. The van der Waals surface area contributed by atoms with E-state index in [2.05, 4.69) is 9.97 Å². The second-order valence-corrected chi connectivity index (χ2v) is 9.55. The summed E-state index contributed by atoms with van der Waals surface area (Å²) in [6.45, 7) is -0.340. The van der Waals surface area contributed by atoms with Crippen LogP contribution in [0.5, 0.6) is 0 Å². The number of ketones is 1. The second-order valence-electron chi connectivity index (χ2n) is 7.50. The van der Waals surface area contributed by atoms with Crippen LogP contribution in [0.2, 0.25) is 0 Å². The molecule has 1 aliphatic rings. The van der Waals surface area contributed by atoms with Crippen molar-refractivity contribution in [2.45, 2.75) is 23.2 Å². The van der Waals surface area contributed by atoms with Gasteiger partial charge in [-0.05, 0) is 18.2 Å². The number of thioether (sulfide) groups is 1. The first kappa shape index (κ1) is 23.6. The molecule has 1 atom stereocenters. The van der Waals surface area contributed by atoms with Crippen LogP contribution in [0.25, 0.3) is 10.9 Å². The highest BCUT2D eigenvalue weighted by molar-refractivity contribution is 8.00. The molecule has 3 heterocycles. The van der Waals surface area contributed by atoms with Gasteiger partial charge < -0.3 is 15.1 Å². The van der Waals surface area contributed by atoms with Crippen LogP contribution in [0.15, 0.2) is 41.4 Å². The molecule has 12 heteroatoms. The van der Waals surface area contributed by atoms with Crippen LogP contribution >= 0.6 is 23.1 Å². The first-order chi connectivity index (χ1) is 15.6. The van der Waals surface area contributed by atoms with E-state index in [0.29, 0.717) is 15.1 Å². The number of para-hydroxylation sites is 1. The lowest BCUT2D eigenvalue weighted by molar-refractivity contribution is -0.145. The number of halogens is 3. The molecule has 4 rings (SSSR count). The number of Topliss-reactive ketones (excluding diaryl/α,β-unsaturated/α-hetero) is 1. The van der Waals surface area contributed by atoms with E-state index in [0.717, 1.165) is 23.1 Å². The number of likely N-dealkylation sites (tertiary alicyclic amines) is 1. The number of β-amino-alcohol motifs (C(OH)–C–C–N with tert-alkyl or cyclic N) is 1. The van der Waals surface area contributed by atoms with Crippen molar-refractivity contribution in [3.63, 3.8) is 0 Å². The van der Waals surface area contributed by atoms with Crippen LogP contribution in [0.3, 0.4) is 0 Å². The molecular weight excluding hydrogens is 479 g/mol. The van der Waals surface area contributed by atoms with Crippen molar-refractivity contribution in [1.29, 1.82) is 0 Å². The minimum atomic E-state index is -4.71. The van der Waals surface area contributed by atoms with E-state index in [4.69, 9.17) is 5.11 Å². The average Bonchev–Trinajstić information content (AvgIpc) is 3.44. The molecule has 1 aromatic carbocycles. The minimum absolute atomic E-state index is 0.0163. The molecule has 7 nitrogen and oxygen atoms in total. The Morgan fingerprint density at radius 3 is 2.67 bits per heavy atom. The number of thiophene rings is 1. The van der Waals surface area contributed by atoms with E-state index >= 15 is 0 Å². The highest BCUT2D eigenvalue weighted by Crippen LogP contribution is 2.37. The third kappa shape index (κ3) is 4.88. The van der Waals surface area contributed by atoms with E-state index in [-0.39, 0.29) is 41.6 Å². The summed E-state index contributed by atoms with van der Waals surface area (Å²) >= 11 is 1.97. The van der Waals surface area contributed by atoms with Gasteiger partial charge in [0, 0.05) is 23.2 Å². The largest absolute Gasteiger partial charge is 0.451 e. The zero-order valence-electron chi connectivity index (χ0n) is 17.0. The van der Waals surface area contributed by atoms with Crippen LogP contribution in [0.4, 0.5) is 13.2 Å². The van der Waals surface area contributed by atoms with Gasteiger partial charge in [-0.3, -0.25) is 9.59 Å². The number of alkyl halides is 3. The lowest BCUT2D eigenvalue weighted by atomic mass is 10.0. The molecular formula is C21H18F3N3O4S2. The normalized spacial score (nSPS) is 18.8. The quantitative estimate of drug-likeness (QED) is 0.306. The van der Waals surface area contributed by atoms with Gasteiger partial charge >= 0.3 is 6.18 Å². The number of aliphatic hydroxyl groups is 2. The first-order valence-electron chi connectivity index (χ1n) is 9.82. The highest BCUT2D eigenvalue weighted by Gasteiger charge is 2.41. The summed E-state index contributed by atoms with van der Waals surface area (Å²) in [4.78, 5) is 33.8. The van der Waals surface area contributed by atoms with E-state index in [1.807, 2.05) is 0 Å². The van der Waals surface area contributed by atoms with E-state index in [9.17, 15) is 27.9 Å². The lowest BCUT2D eigenvalue weighted by Gasteiger charge is -2.21. The maximum absolute atomic E-state index is 13.2. The van der Waals surface area contributed by atoms with Crippen molar-refractivity contribution >= 4 is 45.7 Å². The Bertz CT molecular complexity index is 1220. The van der Waals surface area contributed by atoms with Crippen molar-refractivity contribution in [3.05, 3.63) is 52.0 Å². The van der Waals surface area contributed by atoms with Gasteiger partial charge in [0.25, 0.3) is 0 Å². The molecule has 0 bridgehead atoms. The van der Waals surface area contributed by atoms with E-state index < -0.39 is 30.1 Å². The zero-order valence-corrected chi connectivity index (χ0v) is 18.6. The number of aliphatic hydroxyl groups excluding tert-OH is 1. The van der Waals surface area contributed by atoms with Crippen LogP contribution in [-0.4, -0.2) is 62.2 Å². The number of rotatable bonds is 6. The summed E-state index contributed by atoms with van der Waals surface area (Å²) in [5.74, 6) is -2.21. The van der Waals surface area contributed by atoms with Gasteiger partial charge in [0.1, 0.15) is 17.2 Å². The molecule has 1 saturated heterocycles. The van der Waals surface area contributed by atoms with Gasteiger partial charge in [-0.25, -0.2) is 9.97 Å². The second kappa shape index (κ2) is 9.01. The molecule has 3 aromatic rings. The monoisotopic (exact) mass is 497 g/mol. The summed E-state index contributed by atoms with van der Waals surface area (Å²) in [6.07, 6.45) is -4.44. The molecule has 0 aliphatic carbocycles. The fourth-order valence-electron chi connectivity index (χ4n) is 3.53. The van der Waals surface area contributed by atoms with Gasteiger partial charge in [-0.1, -0.05) is 30.0 Å². The first-order valence-corrected chi connectivity index (χ1v) is 11.6. The lowest BCUT2D eigenvalue weighted by Crippen LogP contribution is -2.35. The number of fused-ring (bicyclic) bond motifs is 1. The number of aromatic nitrogens is 2. The van der Waals surface area contributed by atoms with Gasteiger partial charge in [0.15, 0.2) is 5.78 Å². The Morgan fingerprint density at radius 1 is 1.18 bits per heavy atom. The van der Waals surface area contributed by atoms with Gasteiger partial charge in [0.05, 0.1) is 22.7 Å². The predicted octanol–water partition coefficient (Wildman–Crippen LogP) is 3.10. The zero-order chi connectivity index (χ0) is 23.8. The number of nitrogens with zero attached hydrogens (tertiary/aromatic N) is 3. The fourth-order valence-corrected chi connectivity index (χ4v) is 5.58.